The highest BCUT2D eigenvalue weighted by atomic mass is 16.5. The van der Waals surface area contributed by atoms with Gasteiger partial charge in [-0.25, -0.2) is 0 Å². The van der Waals surface area contributed by atoms with Crippen molar-refractivity contribution in [2.24, 2.45) is 0 Å². The topological polar surface area (TPSA) is 68.3 Å². The van der Waals surface area contributed by atoms with Gasteiger partial charge in [-0.1, -0.05) is 43.3 Å². The molecule has 0 fully saturated rings. The molecule has 1 aliphatic rings. The summed E-state index contributed by atoms with van der Waals surface area (Å²) in [5.74, 6) is 1.42. The van der Waals surface area contributed by atoms with Crippen LogP contribution in [0.25, 0.3) is 6.08 Å². The van der Waals surface area contributed by atoms with E-state index in [1.807, 2.05) is 73.3 Å². The van der Waals surface area contributed by atoms with Gasteiger partial charge in [0.25, 0.3) is 5.91 Å². The predicted molar refractivity (Wildman–Crippen MR) is 150 cm³/mol. The van der Waals surface area contributed by atoms with Crippen molar-refractivity contribution in [3.63, 3.8) is 0 Å². The first-order valence-corrected chi connectivity index (χ1v) is 12.7. The normalized spacial score (nSPS) is 16.6. The first-order chi connectivity index (χ1) is 18.4. The van der Waals surface area contributed by atoms with Gasteiger partial charge in [-0.05, 0) is 60.9 Å². The van der Waals surface area contributed by atoms with Crippen LogP contribution in [0, 0.1) is 0 Å². The maximum atomic E-state index is 13.6. The van der Waals surface area contributed by atoms with Crippen molar-refractivity contribution in [3.8, 4) is 17.2 Å². The third-order valence-electron chi connectivity index (χ3n) is 6.82. The van der Waals surface area contributed by atoms with Crippen LogP contribution in [0.4, 0.5) is 11.4 Å². The van der Waals surface area contributed by atoms with Gasteiger partial charge in [0.05, 0.1) is 27.4 Å². The molecule has 0 bridgehead atoms. The molecule has 1 heterocycles. The molecule has 2 unspecified atom stereocenters. The van der Waals surface area contributed by atoms with Crippen LogP contribution >= 0.6 is 0 Å². The predicted octanol–water partition coefficient (Wildman–Crippen LogP) is 6.04. The number of nitrogens with zero attached hydrogens (tertiary/aromatic N) is 2. The summed E-state index contributed by atoms with van der Waals surface area (Å²) in [6, 6.07) is 20.8. The standard InChI is InChI=1S/C31H34N2O5/c1-6-29(34)33(23-12-8-7-9-13-23)26-18-21(2)32(25-15-11-10-14-24(25)26)30(35)17-16-22-19-27(36-3)31(38-5)28(20-22)37-4/h7-17,19-21,26H,6,18H2,1-5H3/b17-16+. The summed E-state index contributed by atoms with van der Waals surface area (Å²) in [6.07, 6.45) is 4.30. The summed E-state index contributed by atoms with van der Waals surface area (Å²) in [5.41, 5.74) is 3.35. The Hall–Kier alpha value is -4.26. The number of anilines is 2. The second kappa shape index (κ2) is 11.9. The van der Waals surface area contributed by atoms with Gasteiger partial charge in [0, 0.05) is 29.9 Å². The van der Waals surface area contributed by atoms with E-state index in [1.54, 1.807) is 50.5 Å². The van der Waals surface area contributed by atoms with E-state index in [-0.39, 0.29) is 23.9 Å². The van der Waals surface area contributed by atoms with Crippen LogP contribution in [0.2, 0.25) is 0 Å². The summed E-state index contributed by atoms with van der Waals surface area (Å²) in [5, 5.41) is 0. The van der Waals surface area contributed by atoms with Gasteiger partial charge in [0.15, 0.2) is 11.5 Å². The molecule has 4 rings (SSSR count). The van der Waals surface area contributed by atoms with E-state index in [2.05, 4.69) is 0 Å². The lowest BCUT2D eigenvalue weighted by atomic mass is 9.89. The maximum absolute atomic E-state index is 13.6. The Morgan fingerprint density at radius 3 is 2.18 bits per heavy atom. The highest BCUT2D eigenvalue weighted by Crippen LogP contribution is 2.43. The molecule has 0 spiro atoms. The number of hydrogen-bond donors (Lipinski definition) is 0. The summed E-state index contributed by atoms with van der Waals surface area (Å²) in [7, 11) is 4.66. The van der Waals surface area contributed by atoms with Crippen LogP contribution in [0.15, 0.2) is 72.8 Å². The van der Waals surface area contributed by atoms with Crippen molar-refractivity contribution in [1.29, 1.82) is 0 Å². The highest BCUT2D eigenvalue weighted by Gasteiger charge is 2.37. The number of methoxy groups -OCH3 is 3. The zero-order valence-electron chi connectivity index (χ0n) is 22.5. The largest absolute Gasteiger partial charge is 0.493 e. The number of ether oxygens (including phenoxy) is 3. The number of amides is 2. The van der Waals surface area contributed by atoms with Gasteiger partial charge in [-0.15, -0.1) is 0 Å². The SMILES string of the molecule is CCC(=O)N(c1ccccc1)C1CC(C)N(C(=O)/C=C/c2cc(OC)c(OC)c(OC)c2)c2ccccc21. The van der Waals surface area contributed by atoms with Crippen LogP contribution in [0.5, 0.6) is 17.2 Å². The van der Waals surface area contributed by atoms with E-state index in [0.717, 1.165) is 22.5 Å². The minimum atomic E-state index is -0.181. The zero-order valence-corrected chi connectivity index (χ0v) is 22.5. The van der Waals surface area contributed by atoms with Gasteiger partial charge < -0.3 is 24.0 Å². The van der Waals surface area contributed by atoms with Crippen molar-refractivity contribution >= 4 is 29.3 Å². The van der Waals surface area contributed by atoms with Crippen LogP contribution < -0.4 is 24.0 Å². The lowest BCUT2D eigenvalue weighted by Crippen LogP contribution is -2.47. The van der Waals surface area contributed by atoms with E-state index in [9.17, 15) is 9.59 Å². The number of carbonyl (C=O) groups excluding carboxylic acids is 2. The highest BCUT2D eigenvalue weighted by molar-refractivity contribution is 6.05. The summed E-state index contributed by atoms with van der Waals surface area (Å²) in [6.45, 7) is 3.90. The average molecular weight is 515 g/mol. The van der Waals surface area contributed by atoms with Crippen molar-refractivity contribution in [3.05, 3.63) is 83.9 Å². The van der Waals surface area contributed by atoms with Gasteiger partial charge >= 0.3 is 0 Å². The molecule has 0 saturated heterocycles. The van der Waals surface area contributed by atoms with Gasteiger partial charge in [0.2, 0.25) is 11.7 Å². The molecule has 0 saturated carbocycles. The Labute approximate surface area is 224 Å². The number of hydrogen-bond acceptors (Lipinski definition) is 5. The number of para-hydroxylation sites is 2. The van der Waals surface area contributed by atoms with Crippen LogP contribution in [-0.4, -0.2) is 39.2 Å². The monoisotopic (exact) mass is 514 g/mol. The molecule has 0 radical (unpaired) electrons. The molecule has 7 heteroatoms. The minimum Gasteiger partial charge on any atom is -0.493 e. The zero-order chi connectivity index (χ0) is 27.2. The smallest absolute Gasteiger partial charge is 0.251 e. The lowest BCUT2D eigenvalue weighted by molar-refractivity contribution is -0.118. The molecule has 2 amide bonds. The molecule has 1 aliphatic heterocycles. The fraction of sp³-hybridized carbons (Fsp3) is 0.290. The average Bonchev–Trinajstić information content (AvgIpc) is 2.95. The van der Waals surface area contributed by atoms with Crippen molar-refractivity contribution in [2.75, 3.05) is 31.1 Å². The minimum absolute atomic E-state index is 0.0466. The molecule has 38 heavy (non-hydrogen) atoms. The quantitative estimate of drug-likeness (QED) is 0.343. The molecule has 2 atom stereocenters. The summed E-state index contributed by atoms with van der Waals surface area (Å²) >= 11 is 0. The molecule has 0 aliphatic carbocycles. The Bertz CT molecular complexity index is 1300. The molecule has 7 nitrogen and oxygen atoms in total. The van der Waals surface area contributed by atoms with Gasteiger partial charge in [-0.3, -0.25) is 9.59 Å². The number of benzene rings is 3. The first-order valence-electron chi connectivity index (χ1n) is 12.7. The fourth-order valence-corrected chi connectivity index (χ4v) is 5.06. The maximum Gasteiger partial charge on any atom is 0.251 e. The molecule has 198 valence electrons. The Morgan fingerprint density at radius 2 is 1.58 bits per heavy atom. The molecule has 0 aromatic heterocycles. The van der Waals surface area contributed by atoms with Crippen LogP contribution in [-0.2, 0) is 9.59 Å². The van der Waals surface area contributed by atoms with E-state index in [1.165, 1.54) is 0 Å². The molecule has 3 aromatic rings. The third kappa shape index (κ3) is 5.23. The number of carbonyl (C=O) groups is 2. The van der Waals surface area contributed by atoms with Crippen molar-refractivity contribution in [1.82, 2.24) is 0 Å². The second-order valence-corrected chi connectivity index (χ2v) is 9.11. The number of rotatable bonds is 8. The van der Waals surface area contributed by atoms with E-state index in [4.69, 9.17) is 14.2 Å². The van der Waals surface area contributed by atoms with Crippen molar-refractivity contribution < 1.29 is 23.8 Å². The molecule has 0 N–H and O–H groups in total. The Morgan fingerprint density at radius 1 is 0.947 bits per heavy atom. The van der Waals surface area contributed by atoms with E-state index < -0.39 is 0 Å². The van der Waals surface area contributed by atoms with E-state index in [0.29, 0.717) is 30.1 Å². The molecular formula is C31H34N2O5. The van der Waals surface area contributed by atoms with Crippen molar-refractivity contribution in [2.45, 2.75) is 38.8 Å². The molecule has 3 aromatic carbocycles. The van der Waals surface area contributed by atoms with Crippen LogP contribution in [0.3, 0.4) is 0 Å². The summed E-state index contributed by atoms with van der Waals surface area (Å²) in [4.78, 5) is 30.4. The number of fused-ring (bicyclic) bond motifs is 1. The Balaban J connectivity index is 1.69. The summed E-state index contributed by atoms with van der Waals surface area (Å²) < 4.78 is 16.3. The van der Waals surface area contributed by atoms with E-state index >= 15 is 0 Å². The van der Waals surface area contributed by atoms with Gasteiger partial charge in [-0.2, -0.15) is 0 Å². The third-order valence-corrected chi connectivity index (χ3v) is 6.82. The molecular weight excluding hydrogens is 480 g/mol. The second-order valence-electron chi connectivity index (χ2n) is 9.11. The van der Waals surface area contributed by atoms with Gasteiger partial charge in [0.1, 0.15) is 0 Å². The lowest BCUT2D eigenvalue weighted by Gasteiger charge is -2.43. The first kappa shape index (κ1) is 26.8. The fourth-order valence-electron chi connectivity index (χ4n) is 5.06. The van der Waals surface area contributed by atoms with Crippen LogP contribution in [0.1, 0.15) is 43.9 Å². The Kier molecular flexibility index (Phi) is 8.36.